The summed E-state index contributed by atoms with van der Waals surface area (Å²) in [4.78, 5) is 2.30. The summed E-state index contributed by atoms with van der Waals surface area (Å²) in [5.74, 6) is 0. The molecule has 0 fully saturated rings. The first-order valence-electron chi connectivity index (χ1n) is 14.2. The maximum atomic E-state index is 3.92. The predicted octanol–water partition coefficient (Wildman–Crippen LogP) is 10.1. The van der Waals surface area contributed by atoms with Gasteiger partial charge in [0.15, 0.2) is 0 Å². The van der Waals surface area contributed by atoms with E-state index in [9.17, 15) is 0 Å². The van der Waals surface area contributed by atoms with Crippen molar-refractivity contribution in [3.63, 3.8) is 0 Å². The topological polar surface area (TPSA) is 3.24 Å². The molecule has 0 atom stereocenters. The monoisotopic (exact) mass is 422 g/mol. The van der Waals surface area contributed by atoms with Crippen LogP contribution in [0.3, 0.4) is 0 Å². The molecule has 1 nitrogen and oxygen atoms in total. The van der Waals surface area contributed by atoms with Crippen LogP contribution in [0.1, 0.15) is 161 Å². The minimum atomic E-state index is 1.12. The summed E-state index contributed by atoms with van der Waals surface area (Å²) in [5.41, 5.74) is 0. The molecule has 0 aromatic rings. The molecule has 1 radical (unpaired) electrons. The second-order valence-electron chi connectivity index (χ2n) is 10.1. The van der Waals surface area contributed by atoms with E-state index in [2.05, 4.69) is 25.9 Å². The van der Waals surface area contributed by atoms with Crippen molar-refractivity contribution in [2.75, 3.05) is 20.6 Å². The van der Waals surface area contributed by atoms with Crippen molar-refractivity contribution in [1.82, 2.24) is 4.90 Å². The molecule has 0 saturated carbocycles. The molecule has 0 saturated heterocycles. The Morgan fingerprint density at radius 3 is 0.733 bits per heavy atom. The fraction of sp³-hybridized carbons (Fsp3) is 0.966. The summed E-state index contributed by atoms with van der Waals surface area (Å²) in [6, 6.07) is 0. The molecule has 1 heteroatoms. The Bertz CT molecular complexity index is 286. The molecule has 30 heavy (non-hydrogen) atoms. The molecule has 0 N–H and O–H groups in total. The zero-order valence-electron chi connectivity index (χ0n) is 21.5. The number of unbranched alkanes of at least 4 members (excludes halogenated alkanes) is 24. The highest BCUT2D eigenvalue weighted by Gasteiger charge is 1.96. The summed E-state index contributed by atoms with van der Waals surface area (Å²) >= 11 is 0. The van der Waals surface area contributed by atoms with E-state index < -0.39 is 0 Å². The van der Waals surface area contributed by atoms with Crippen LogP contribution < -0.4 is 0 Å². The van der Waals surface area contributed by atoms with Crippen LogP contribution in [-0.4, -0.2) is 25.5 Å². The van der Waals surface area contributed by atoms with Gasteiger partial charge in [-0.3, -0.25) is 0 Å². The Labute approximate surface area is 193 Å². The SMILES string of the molecule is [CH2]CCCCCCCCCCCCCCCCCCCCCCCCCCN(C)C. The van der Waals surface area contributed by atoms with Crippen LogP contribution in [0.2, 0.25) is 0 Å². The van der Waals surface area contributed by atoms with Gasteiger partial charge >= 0.3 is 0 Å². The Morgan fingerprint density at radius 2 is 0.533 bits per heavy atom. The smallest absolute Gasteiger partial charge is 0.00248 e. The third-order valence-electron chi connectivity index (χ3n) is 6.61. The Morgan fingerprint density at radius 1 is 0.333 bits per heavy atom. The summed E-state index contributed by atoms with van der Waals surface area (Å²) in [7, 11) is 4.36. The normalized spacial score (nSPS) is 11.6. The van der Waals surface area contributed by atoms with Crippen LogP contribution in [0.4, 0.5) is 0 Å². The van der Waals surface area contributed by atoms with Gasteiger partial charge in [-0.15, -0.1) is 0 Å². The van der Waals surface area contributed by atoms with Crippen LogP contribution in [0.15, 0.2) is 0 Å². The molecule has 0 unspecified atom stereocenters. The second-order valence-corrected chi connectivity index (χ2v) is 10.1. The van der Waals surface area contributed by atoms with Gasteiger partial charge in [-0.2, -0.15) is 0 Å². The largest absolute Gasteiger partial charge is 0.309 e. The molecule has 0 aliphatic carbocycles. The molecule has 0 amide bonds. The first-order chi connectivity index (χ1) is 14.8. The number of nitrogens with zero attached hydrogens (tertiary/aromatic N) is 1. The summed E-state index contributed by atoms with van der Waals surface area (Å²) in [6.07, 6.45) is 36.2. The Hall–Kier alpha value is -0.0400. The van der Waals surface area contributed by atoms with Gasteiger partial charge in [-0.25, -0.2) is 0 Å². The Kier molecular flexibility index (Phi) is 27.0. The molecular formula is C29H60N. The molecule has 0 bridgehead atoms. The lowest BCUT2D eigenvalue weighted by atomic mass is 10.0. The first kappa shape index (κ1) is 30.0. The van der Waals surface area contributed by atoms with E-state index in [0.717, 1.165) is 6.42 Å². The third kappa shape index (κ3) is 28.0. The quantitative estimate of drug-likeness (QED) is 0.125. The van der Waals surface area contributed by atoms with Crippen molar-refractivity contribution < 1.29 is 0 Å². The van der Waals surface area contributed by atoms with Crippen LogP contribution in [-0.2, 0) is 0 Å². The minimum absolute atomic E-state index is 1.12. The van der Waals surface area contributed by atoms with E-state index in [4.69, 9.17) is 0 Å². The maximum Gasteiger partial charge on any atom is -0.00248 e. The van der Waals surface area contributed by atoms with Gasteiger partial charge in [0, 0.05) is 0 Å². The van der Waals surface area contributed by atoms with Crippen molar-refractivity contribution in [2.45, 2.75) is 161 Å². The van der Waals surface area contributed by atoms with Gasteiger partial charge in [0.25, 0.3) is 0 Å². The van der Waals surface area contributed by atoms with Crippen LogP contribution >= 0.6 is 0 Å². The van der Waals surface area contributed by atoms with Gasteiger partial charge < -0.3 is 4.90 Å². The predicted molar refractivity (Wildman–Crippen MR) is 139 cm³/mol. The van der Waals surface area contributed by atoms with E-state index in [1.54, 1.807) is 0 Å². The van der Waals surface area contributed by atoms with Crippen LogP contribution in [0.25, 0.3) is 0 Å². The fourth-order valence-corrected chi connectivity index (χ4v) is 4.49. The highest BCUT2D eigenvalue weighted by molar-refractivity contribution is 4.52. The summed E-state index contributed by atoms with van der Waals surface area (Å²) in [6.45, 7) is 5.18. The van der Waals surface area contributed by atoms with Crippen molar-refractivity contribution >= 4 is 0 Å². The zero-order chi connectivity index (χ0) is 22.0. The van der Waals surface area contributed by atoms with E-state index in [0.29, 0.717) is 0 Å². The molecule has 181 valence electrons. The molecule has 0 aliphatic rings. The van der Waals surface area contributed by atoms with Crippen LogP contribution in [0.5, 0.6) is 0 Å². The molecule has 0 heterocycles. The molecular weight excluding hydrogens is 362 g/mol. The van der Waals surface area contributed by atoms with Crippen molar-refractivity contribution in [1.29, 1.82) is 0 Å². The average molecular weight is 423 g/mol. The van der Waals surface area contributed by atoms with Gasteiger partial charge in [0.05, 0.1) is 0 Å². The van der Waals surface area contributed by atoms with E-state index in [-0.39, 0.29) is 0 Å². The number of hydrogen-bond donors (Lipinski definition) is 0. The molecule has 0 spiro atoms. The lowest BCUT2D eigenvalue weighted by Crippen LogP contribution is -2.12. The van der Waals surface area contributed by atoms with Gasteiger partial charge in [0.2, 0.25) is 0 Å². The van der Waals surface area contributed by atoms with Gasteiger partial charge in [-0.1, -0.05) is 161 Å². The summed E-state index contributed by atoms with van der Waals surface area (Å²) in [5, 5.41) is 0. The highest BCUT2D eigenvalue weighted by Crippen LogP contribution is 2.15. The maximum absolute atomic E-state index is 3.92. The lowest BCUT2D eigenvalue weighted by Gasteiger charge is -2.08. The van der Waals surface area contributed by atoms with E-state index in [1.165, 1.54) is 161 Å². The Balaban J connectivity index is 2.99. The fourth-order valence-electron chi connectivity index (χ4n) is 4.49. The third-order valence-corrected chi connectivity index (χ3v) is 6.61. The molecule has 0 aromatic carbocycles. The second kappa shape index (κ2) is 27.0. The number of rotatable bonds is 26. The van der Waals surface area contributed by atoms with Crippen molar-refractivity contribution in [2.24, 2.45) is 0 Å². The van der Waals surface area contributed by atoms with Gasteiger partial charge in [0.1, 0.15) is 0 Å². The zero-order valence-corrected chi connectivity index (χ0v) is 21.5. The van der Waals surface area contributed by atoms with Crippen molar-refractivity contribution in [3.8, 4) is 0 Å². The van der Waals surface area contributed by atoms with E-state index in [1.807, 2.05) is 0 Å². The molecule has 0 rings (SSSR count). The van der Waals surface area contributed by atoms with Crippen LogP contribution in [0, 0.1) is 6.92 Å². The van der Waals surface area contributed by atoms with Gasteiger partial charge in [-0.05, 0) is 27.1 Å². The minimum Gasteiger partial charge on any atom is -0.309 e. The number of hydrogen-bond acceptors (Lipinski definition) is 1. The first-order valence-corrected chi connectivity index (χ1v) is 14.2. The molecule has 0 aliphatic heterocycles. The standard InChI is InChI=1S/C29H60N/c1-4-5-6-7-8-9-10-11-12-13-14-15-16-17-18-19-20-21-22-23-24-25-26-27-28-29-30(2)3/h1,4-29H2,2-3H3. The summed E-state index contributed by atoms with van der Waals surface area (Å²) < 4.78 is 0. The molecule has 0 aromatic heterocycles. The lowest BCUT2D eigenvalue weighted by molar-refractivity contribution is 0.389. The van der Waals surface area contributed by atoms with Crippen molar-refractivity contribution in [3.05, 3.63) is 6.92 Å². The van der Waals surface area contributed by atoms with E-state index >= 15 is 0 Å². The highest BCUT2D eigenvalue weighted by atomic mass is 15.0. The average Bonchev–Trinajstić information content (AvgIpc) is 2.73.